The SMILES string of the molecule is Fc1c(Cl)cccc1CNCCCC1CCCC1. The monoisotopic (exact) mass is 269 g/mol. The molecule has 0 bridgehead atoms. The molecule has 0 radical (unpaired) electrons. The Morgan fingerprint density at radius 3 is 2.83 bits per heavy atom. The molecule has 100 valence electrons. The first-order chi connectivity index (χ1) is 8.77. The molecule has 1 aromatic rings. The molecule has 1 aliphatic rings. The average Bonchev–Trinajstić information content (AvgIpc) is 2.87. The number of hydrogen-bond acceptors (Lipinski definition) is 1. The summed E-state index contributed by atoms with van der Waals surface area (Å²) in [4.78, 5) is 0. The number of hydrogen-bond donors (Lipinski definition) is 1. The molecule has 0 atom stereocenters. The summed E-state index contributed by atoms with van der Waals surface area (Å²) < 4.78 is 13.6. The smallest absolute Gasteiger partial charge is 0.146 e. The maximum atomic E-state index is 13.6. The van der Waals surface area contributed by atoms with Crippen LogP contribution in [0.3, 0.4) is 0 Å². The first-order valence-corrected chi connectivity index (χ1v) is 7.29. The van der Waals surface area contributed by atoms with E-state index in [2.05, 4.69) is 5.32 Å². The first-order valence-electron chi connectivity index (χ1n) is 6.91. The molecule has 1 fully saturated rings. The fraction of sp³-hybridized carbons (Fsp3) is 0.600. The van der Waals surface area contributed by atoms with Crippen molar-refractivity contribution in [1.29, 1.82) is 0 Å². The van der Waals surface area contributed by atoms with E-state index >= 15 is 0 Å². The van der Waals surface area contributed by atoms with E-state index in [9.17, 15) is 4.39 Å². The molecule has 2 rings (SSSR count). The summed E-state index contributed by atoms with van der Waals surface area (Å²) in [5.41, 5.74) is 0.656. The van der Waals surface area contributed by atoms with Crippen LogP contribution < -0.4 is 5.32 Å². The van der Waals surface area contributed by atoms with E-state index in [-0.39, 0.29) is 10.8 Å². The van der Waals surface area contributed by atoms with E-state index < -0.39 is 0 Å². The molecule has 0 aromatic heterocycles. The van der Waals surface area contributed by atoms with Crippen LogP contribution in [0.5, 0.6) is 0 Å². The van der Waals surface area contributed by atoms with Crippen LogP contribution in [0.4, 0.5) is 4.39 Å². The predicted octanol–water partition coefficient (Wildman–Crippen LogP) is 4.54. The molecule has 0 spiro atoms. The van der Waals surface area contributed by atoms with E-state index in [1.807, 2.05) is 0 Å². The molecule has 1 aliphatic carbocycles. The summed E-state index contributed by atoms with van der Waals surface area (Å²) in [6.45, 7) is 1.53. The van der Waals surface area contributed by atoms with Crippen molar-refractivity contribution >= 4 is 11.6 Å². The van der Waals surface area contributed by atoms with Gasteiger partial charge in [-0.25, -0.2) is 4.39 Å². The lowest BCUT2D eigenvalue weighted by Gasteiger charge is -2.10. The second-order valence-electron chi connectivity index (χ2n) is 5.18. The fourth-order valence-electron chi connectivity index (χ4n) is 2.72. The van der Waals surface area contributed by atoms with E-state index in [1.54, 1.807) is 18.2 Å². The second-order valence-corrected chi connectivity index (χ2v) is 5.59. The third-order valence-corrected chi connectivity index (χ3v) is 4.08. The van der Waals surface area contributed by atoms with E-state index in [4.69, 9.17) is 11.6 Å². The van der Waals surface area contributed by atoms with Crippen LogP contribution in [-0.2, 0) is 6.54 Å². The van der Waals surface area contributed by atoms with Gasteiger partial charge in [-0.2, -0.15) is 0 Å². The fourth-order valence-corrected chi connectivity index (χ4v) is 2.92. The maximum Gasteiger partial charge on any atom is 0.146 e. The van der Waals surface area contributed by atoms with Crippen molar-refractivity contribution in [3.8, 4) is 0 Å². The van der Waals surface area contributed by atoms with Gasteiger partial charge in [0.15, 0.2) is 0 Å². The van der Waals surface area contributed by atoms with Gasteiger partial charge in [-0.1, -0.05) is 49.4 Å². The third-order valence-electron chi connectivity index (χ3n) is 3.79. The van der Waals surface area contributed by atoms with Crippen molar-refractivity contribution in [2.75, 3.05) is 6.54 Å². The normalized spacial score (nSPS) is 16.3. The topological polar surface area (TPSA) is 12.0 Å². The van der Waals surface area contributed by atoms with Crippen molar-refractivity contribution in [3.05, 3.63) is 34.6 Å². The standard InChI is InChI=1S/C15H21ClFN/c16-14-9-3-8-13(15(14)17)11-18-10-4-7-12-5-1-2-6-12/h3,8-9,12,18H,1-2,4-7,10-11H2. The number of benzene rings is 1. The molecule has 3 heteroatoms. The van der Waals surface area contributed by atoms with Crippen LogP contribution in [0.25, 0.3) is 0 Å². The van der Waals surface area contributed by atoms with Crippen molar-refractivity contribution in [2.45, 2.75) is 45.1 Å². The van der Waals surface area contributed by atoms with Crippen LogP contribution in [0.1, 0.15) is 44.1 Å². The minimum Gasteiger partial charge on any atom is -0.313 e. The van der Waals surface area contributed by atoms with Gasteiger partial charge in [0.25, 0.3) is 0 Å². The van der Waals surface area contributed by atoms with Crippen LogP contribution in [0.15, 0.2) is 18.2 Å². The lowest BCUT2D eigenvalue weighted by atomic mass is 10.0. The number of rotatable bonds is 6. The van der Waals surface area contributed by atoms with Gasteiger partial charge in [-0.05, 0) is 31.4 Å². The Morgan fingerprint density at radius 2 is 2.06 bits per heavy atom. The van der Waals surface area contributed by atoms with E-state index in [0.29, 0.717) is 12.1 Å². The van der Waals surface area contributed by atoms with Gasteiger partial charge < -0.3 is 5.32 Å². The molecule has 18 heavy (non-hydrogen) atoms. The average molecular weight is 270 g/mol. The Kier molecular flexibility index (Phi) is 5.45. The predicted molar refractivity (Wildman–Crippen MR) is 74.3 cm³/mol. The van der Waals surface area contributed by atoms with Gasteiger partial charge >= 0.3 is 0 Å². The molecular weight excluding hydrogens is 249 g/mol. The summed E-state index contributed by atoms with van der Waals surface area (Å²) in [6.07, 6.45) is 8.13. The molecule has 1 nitrogen and oxygen atoms in total. The molecule has 0 unspecified atom stereocenters. The van der Waals surface area contributed by atoms with E-state index in [0.717, 1.165) is 12.5 Å². The van der Waals surface area contributed by atoms with Gasteiger partial charge in [0.1, 0.15) is 5.82 Å². The minimum atomic E-state index is -0.289. The van der Waals surface area contributed by atoms with Gasteiger partial charge in [-0.3, -0.25) is 0 Å². The van der Waals surface area contributed by atoms with Crippen LogP contribution in [0, 0.1) is 11.7 Å². The zero-order valence-corrected chi connectivity index (χ0v) is 11.5. The highest BCUT2D eigenvalue weighted by molar-refractivity contribution is 6.30. The highest BCUT2D eigenvalue weighted by Gasteiger charge is 2.13. The van der Waals surface area contributed by atoms with Gasteiger partial charge in [0, 0.05) is 12.1 Å². The van der Waals surface area contributed by atoms with Crippen molar-refractivity contribution in [3.63, 3.8) is 0 Å². The highest BCUT2D eigenvalue weighted by atomic mass is 35.5. The lowest BCUT2D eigenvalue weighted by molar-refractivity contribution is 0.468. The zero-order chi connectivity index (χ0) is 12.8. The Labute approximate surface area is 114 Å². The molecule has 1 saturated carbocycles. The maximum absolute atomic E-state index is 13.6. The summed E-state index contributed by atoms with van der Waals surface area (Å²) in [5, 5.41) is 3.50. The Balaban J connectivity index is 1.64. The molecule has 0 aliphatic heterocycles. The van der Waals surface area contributed by atoms with Crippen molar-refractivity contribution < 1.29 is 4.39 Å². The van der Waals surface area contributed by atoms with Crippen molar-refractivity contribution in [1.82, 2.24) is 5.32 Å². The van der Waals surface area contributed by atoms with Gasteiger partial charge in [0.2, 0.25) is 0 Å². The summed E-state index contributed by atoms with van der Waals surface area (Å²) in [6, 6.07) is 5.16. The number of halogens is 2. The summed E-state index contributed by atoms with van der Waals surface area (Å²) >= 11 is 5.74. The quantitative estimate of drug-likeness (QED) is 0.748. The summed E-state index contributed by atoms with van der Waals surface area (Å²) in [5.74, 6) is 0.650. The Morgan fingerprint density at radius 1 is 1.28 bits per heavy atom. The second kappa shape index (κ2) is 7.10. The molecule has 0 saturated heterocycles. The molecule has 0 heterocycles. The van der Waals surface area contributed by atoms with Crippen molar-refractivity contribution in [2.24, 2.45) is 5.92 Å². The molecule has 1 N–H and O–H groups in total. The zero-order valence-electron chi connectivity index (χ0n) is 10.7. The molecule has 1 aromatic carbocycles. The van der Waals surface area contributed by atoms with Crippen LogP contribution in [-0.4, -0.2) is 6.54 Å². The lowest BCUT2D eigenvalue weighted by Crippen LogP contribution is -2.16. The first kappa shape index (κ1) is 13.8. The third kappa shape index (κ3) is 3.96. The molecule has 0 amide bonds. The Hall–Kier alpha value is -0.600. The van der Waals surface area contributed by atoms with Crippen LogP contribution in [0.2, 0.25) is 5.02 Å². The summed E-state index contributed by atoms with van der Waals surface area (Å²) in [7, 11) is 0. The Bertz CT molecular complexity index is 375. The van der Waals surface area contributed by atoms with Crippen LogP contribution >= 0.6 is 11.6 Å². The van der Waals surface area contributed by atoms with Gasteiger partial charge in [0.05, 0.1) is 5.02 Å². The van der Waals surface area contributed by atoms with E-state index in [1.165, 1.54) is 38.5 Å². The highest BCUT2D eigenvalue weighted by Crippen LogP contribution is 2.28. The minimum absolute atomic E-state index is 0.209. The van der Waals surface area contributed by atoms with Gasteiger partial charge in [-0.15, -0.1) is 0 Å². The molecular formula is C15H21ClFN. The number of nitrogens with one attached hydrogen (secondary N) is 1. The largest absolute Gasteiger partial charge is 0.313 e.